The summed E-state index contributed by atoms with van der Waals surface area (Å²) in [7, 11) is 1.59. The standard InChI is InChI=1S/C20H27NO4/c1-4-14(5-2)19(23)21-10-8-20(9-11-21)13-17(22)16-12-15(24-3)6-7-18(16)25-20/h6-7,12,14H,4-5,8-11,13H2,1-3H3. The SMILES string of the molecule is CCC(CC)C(=O)N1CCC2(CC1)CC(=O)c1cc(OC)ccc1O2. The minimum absolute atomic E-state index is 0.0971. The first-order chi connectivity index (χ1) is 12.0. The molecular weight excluding hydrogens is 318 g/mol. The van der Waals surface area contributed by atoms with Crippen LogP contribution in [0.15, 0.2) is 18.2 Å². The summed E-state index contributed by atoms with van der Waals surface area (Å²) in [6.45, 7) is 5.44. The predicted molar refractivity (Wildman–Crippen MR) is 95.2 cm³/mol. The van der Waals surface area contributed by atoms with E-state index in [0.717, 1.165) is 12.8 Å². The lowest BCUT2D eigenvalue weighted by Crippen LogP contribution is -2.53. The van der Waals surface area contributed by atoms with Crippen molar-refractivity contribution in [2.45, 2.75) is 51.6 Å². The van der Waals surface area contributed by atoms with Gasteiger partial charge in [-0.3, -0.25) is 9.59 Å². The topological polar surface area (TPSA) is 55.8 Å². The van der Waals surface area contributed by atoms with Gasteiger partial charge in [0.2, 0.25) is 5.91 Å². The third-order valence-electron chi connectivity index (χ3n) is 5.62. The first-order valence-electron chi connectivity index (χ1n) is 9.21. The van der Waals surface area contributed by atoms with Gasteiger partial charge in [0.05, 0.1) is 19.1 Å². The number of carbonyl (C=O) groups is 2. The maximum absolute atomic E-state index is 12.6. The van der Waals surface area contributed by atoms with Crippen LogP contribution < -0.4 is 9.47 Å². The molecule has 5 nitrogen and oxygen atoms in total. The molecule has 1 spiro atoms. The van der Waals surface area contributed by atoms with Crippen LogP contribution in [-0.4, -0.2) is 42.4 Å². The molecule has 1 fully saturated rings. The fourth-order valence-electron chi connectivity index (χ4n) is 3.91. The monoisotopic (exact) mass is 345 g/mol. The van der Waals surface area contributed by atoms with E-state index < -0.39 is 5.60 Å². The summed E-state index contributed by atoms with van der Waals surface area (Å²) >= 11 is 0. The second-order valence-corrected chi connectivity index (χ2v) is 7.09. The average Bonchev–Trinajstić information content (AvgIpc) is 2.63. The van der Waals surface area contributed by atoms with Crippen molar-refractivity contribution in [1.82, 2.24) is 4.90 Å². The zero-order valence-corrected chi connectivity index (χ0v) is 15.3. The lowest BCUT2D eigenvalue weighted by molar-refractivity contribution is -0.139. The van der Waals surface area contributed by atoms with Crippen molar-refractivity contribution in [3.05, 3.63) is 23.8 Å². The van der Waals surface area contributed by atoms with Gasteiger partial charge in [0.25, 0.3) is 0 Å². The Morgan fingerprint density at radius 1 is 1.28 bits per heavy atom. The molecule has 5 heteroatoms. The number of Topliss-reactive ketones (excluding diaryl/α,β-unsaturated/α-hetero) is 1. The van der Waals surface area contributed by atoms with Gasteiger partial charge in [-0.15, -0.1) is 0 Å². The molecule has 1 aromatic rings. The number of rotatable bonds is 4. The molecule has 0 unspecified atom stereocenters. The van der Waals surface area contributed by atoms with E-state index in [1.807, 2.05) is 17.0 Å². The Morgan fingerprint density at radius 2 is 1.96 bits per heavy atom. The molecule has 136 valence electrons. The third kappa shape index (κ3) is 3.37. The van der Waals surface area contributed by atoms with Gasteiger partial charge in [0, 0.05) is 31.8 Å². The molecule has 2 heterocycles. The molecule has 0 N–H and O–H groups in total. The van der Waals surface area contributed by atoms with Crippen molar-refractivity contribution >= 4 is 11.7 Å². The summed E-state index contributed by atoms with van der Waals surface area (Å²) in [6, 6.07) is 5.38. The summed E-state index contributed by atoms with van der Waals surface area (Å²) in [5.74, 6) is 1.75. The van der Waals surface area contributed by atoms with E-state index in [2.05, 4.69) is 13.8 Å². The van der Waals surface area contributed by atoms with Crippen LogP contribution in [0, 0.1) is 5.92 Å². The van der Waals surface area contributed by atoms with E-state index in [4.69, 9.17) is 9.47 Å². The molecule has 0 atom stereocenters. The molecule has 0 saturated carbocycles. The highest BCUT2D eigenvalue weighted by Crippen LogP contribution is 2.40. The van der Waals surface area contributed by atoms with Crippen LogP contribution in [0.5, 0.6) is 11.5 Å². The number of ketones is 1. The fourth-order valence-corrected chi connectivity index (χ4v) is 3.91. The molecule has 1 saturated heterocycles. The summed E-state index contributed by atoms with van der Waals surface area (Å²) in [4.78, 5) is 27.1. The van der Waals surface area contributed by atoms with Gasteiger partial charge >= 0.3 is 0 Å². The number of carbonyl (C=O) groups excluding carboxylic acids is 2. The minimum Gasteiger partial charge on any atom is -0.497 e. The average molecular weight is 345 g/mol. The van der Waals surface area contributed by atoms with Crippen molar-refractivity contribution in [3.8, 4) is 11.5 Å². The summed E-state index contributed by atoms with van der Waals surface area (Å²) in [5.41, 5.74) is 0.129. The summed E-state index contributed by atoms with van der Waals surface area (Å²) < 4.78 is 11.5. The number of piperidine rings is 1. The molecule has 0 radical (unpaired) electrons. The number of fused-ring (bicyclic) bond motifs is 1. The number of methoxy groups -OCH3 is 1. The van der Waals surface area contributed by atoms with E-state index >= 15 is 0 Å². The second-order valence-electron chi connectivity index (χ2n) is 7.09. The largest absolute Gasteiger partial charge is 0.497 e. The van der Waals surface area contributed by atoms with E-state index in [-0.39, 0.29) is 17.6 Å². The van der Waals surface area contributed by atoms with E-state index in [1.54, 1.807) is 13.2 Å². The molecule has 0 aliphatic carbocycles. The number of likely N-dealkylation sites (tertiary alicyclic amines) is 1. The van der Waals surface area contributed by atoms with Crippen LogP contribution in [0.2, 0.25) is 0 Å². The van der Waals surface area contributed by atoms with Crippen LogP contribution >= 0.6 is 0 Å². The molecule has 3 rings (SSSR count). The number of benzene rings is 1. The summed E-state index contributed by atoms with van der Waals surface area (Å²) in [6.07, 6.45) is 3.54. The van der Waals surface area contributed by atoms with E-state index in [9.17, 15) is 9.59 Å². The van der Waals surface area contributed by atoms with Gasteiger partial charge in [-0.25, -0.2) is 0 Å². The highest BCUT2D eigenvalue weighted by Gasteiger charge is 2.44. The number of hydrogen-bond acceptors (Lipinski definition) is 4. The number of amides is 1. The molecule has 2 aliphatic heterocycles. The third-order valence-corrected chi connectivity index (χ3v) is 5.62. The number of nitrogens with zero attached hydrogens (tertiary/aromatic N) is 1. The maximum atomic E-state index is 12.6. The highest BCUT2D eigenvalue weighted by molar-refractivity contribution is 6.00. The molecule has 0 bridgehead atoms. The quantitative estimate of drug-likeness (QED) is 0.838. The van der Waals surface area contributed by atoms with Crippen LogP contribution in [0.25, 0.3) is 0 Å². The minimum atomic E-state index is -0.469. The molecular formula is C20H27NO4. The zero-order chi connectivity index (χ0) is 18.0. The Balaban J connectivity index is 1.71. The van der Waals surface area contributed by atoms with Crippen molar-refractivity contribution in [2.75, 3.05) is 20.2 Å². The van der Waals surface area contributed by atoms with Crippen LogP contribution in [0.3, 0.4) is 0 Å². The lowest BCUT2D eigenvalue weighted by Gasteiger charge is -2.44. The van der Waals surface area contributed by atoms with E-state index in [1.165, 1.54) is 0 Å². The lowest BCUT2D eigenvalue weighted by atomic mass is 9.82. The van der Waals surface area contributed by atoms with Crippen molar-refractivity contribution in [3.63, 3.8) is 0 Å². The predicted octanol–water partition coefficient (Wildman–Crippen LogP) is 3.46. The normalized spacial score (nSPS) is 18.9. The van der Waals surface area contributed by atoms with Gasteiger partial charge in [-0.1, -0.05) is 13.8 Å². The Morgan fingerprint density at radius 3 is 2.56 bits per heavy atom. The van der Waals surface area contributed by atoms with Crippen molar-refractivity contribution in [1.29, 1.82) is 0 Å². The smallest absolute Gasteiger partial charge is 0.225 e. The Labute approximate surface area is 149 Å². The Hall–Kier alpha value is -2.04. The Bertz CT molecular complexity index is 658. The Kier molecular flexibility index (Phi) is 5.02. The maximum Gasteiger partial charge on any atom is 0.225 e. The molecule has 1 aromatic carbocycles. The fraction of sp³-hybridized carbons (Fsp3) is 0.600. The highest BCUT2D eigenvalue weighted by atomic mass is 16.5. The van der Waals surface area contributed by atoms with Crippen molar-refractivity contribution < 1.29 is 19.1 Å². The number of hydrogen-bond donors (Lipinski definition) is 0. The van der Waals surface area contributed by atoms with Crippen molar-refractivity contribution in [2.24, 2.45) is 5.92 Å². The molecule has 25 heavy (non-hydrogen) atoms. The van der Waals surface area contributed by atoms with Crippen LogP contribution in [-0.2, 0) is 4.79 Å². The van der Waals surface area contributed by atoms with Gasteiger partial charge in [-0.2, -0.15) is 0 Å². The zero-order valence-electron chi connectivity index (χ0n) is 15.3. The van der Waals surface area contributed by atoms with Crippen LogP contribution in [0.1, 0.15) is 56.3 Å². The van der Waals surface area contributed by atoms with Gasteiger partial charge in [0.15, 0.2) is 5.78 Å². The molecule has 0 aromatic heterocycles. The second kappa shape index (κ2) is 7.06. The van der Waals surface area contributed by atoms with Crippen LogP contribution in [0.4, 0.5) is 0 Å². The van der Waals surface area contributed by atoms with E-state index in [0.29, 0.717) is 49.4 Å². The first kappa shape index (κ1) is 17.8. The van der Waals surface area contributed by atoms with Gasteiger partial charge < -0.3 is 14.4 Å². The number of ether oxygens (including phenoxy) is 2. The molecule has 1 amide bonds. The van der Waals surface area contributed by atoms with Gasteiger partial charge in [-0.05, 0) is 31.0 Å². The first-order valence-corrected chi connectivity index (χ1v) is 9.21. The molecule has 2 aliphatic rings. The summed E-state index contributed by atoms with van der Waals surface area (Å²) in [5, 5.41) is 0. The van der Waals surface area contributed by atoms with Gasteiger partial charge in [0.1, 0.15) is 17.1 Å².